The summed E-state index contributed by atoms with van der Waals surface area (Å²) in [6, 6.07) is 10.5. The van der Waals surface area contributed by atoms with Crippen LogP contribution in [0.4, 0.5) is 17.3 Å². The molecule has 1 fully saturated rings. The van der Waals surface area contributed by atoms with E-state index in [9.17, 15) is 0 Å². The molecule has 1 aromatic carbocycles. The number of aromatic nitrogens is 2. The Kier molecular flexibility index (Phi) is 4.79. The summed E-state index contributed by atoms with van der Waals surface area (Å²) in [4.78, 5) is 11.2. The van der Waals surface area contributed by atoms with Gasteiger partial charge >= 0.3 is 0 Å². The molecule has 1 N–H and O–H groups in total. The molecule has 4 heteroatoms. The van der Waals surface area contributed by atoms with Crippen LogP contribution in [0.25, 0.3) is 0 Å². The second-order valence-electron chi connectivity index (χ2n) is 6.80. The van der Waals surface area contributed by atoms with E-state index in [2.05, 4.69) is 71.3 Å². The molecule has 0 aliphatic carbocycles. The molecule has 122 valence electrons. The van der Waals surface area contributed by atoms with Gasteiger partial charge in [0.25, 0.3) is 0 Å². The van der Waals surface area contributed by atoms with Gasteiger partial charge in [0, 0.05) is 24.8 Å². The van der Waals surface area contributed by atoms with Gasteiger partial charge in [0.05, 0.1) is 0 Å². The summed E-state index contributed by atoms with van der Waals surface area (Å²) < 4.78 is 0. The average molecular weight is 310 g/mol. The summed E-state index contributed by atoms with van der Waals surface area (Å²) in [6.45, 7) is 8.91. The van der Waals surface area contributed by atoms with Crippen molar-refractivity contribution in [2.45, 2.75) is 39.5 Å². The summed E-state index contributed by atoms with van der Waals surface area (Å²) in [6.07, 6.45) is 4.14. The van der Waals surface area contributed by atoms with Crippen LogP contribution in [0, 0.1) is 5.92 Å². The van der Waals surface area contributed by atoms with Gasteiger partial charge in [-0.25, -0.2) is 9.97 Å². The van der Waals surface area contributed by atoms with Crippen LogP contribution in [-0.4, -0.2) is 23.1 Å². The summed E-state index contributed by atoms with van der Waals surface area (Å²) in [5.74, 6) is 3.19. The van der Waals surface area contributed by atoms with E-state index >= 15 is 0 Å². The monoisotopic (exact) mass is 310 g/mol. The van der Waals surface area contributed by atoms with Gasteiger partial charge < -0.3 is 10.2 Å². The molecule has 0 bridgehead atoms. The van der Waals surface area contributed by atoms with E-state index in [1.807, 2.05) is 0 Å². The van der Waals surface area contributed by atoms with Gasteiger partial charge in [-0.15, -0.1) is 0 Å². The molecule has 0 unspecified atom stereocenters. The van der Waals surface area contributed by atoms with Gasteiger partial charge in [-0.1, -0.05) is 39.0 Å². The molecule has 1 saturated heterocycles. The standard InChI is InChI=1S/C19H26N4/c1-14(2)16-6-4-5-7-17(16)22-18-12-19(21-13-20-18)23-10-8-15(3)9-11-23/h4-7,12-15H,8-11H2,1-3H3,(H,20,21,22). The van der Waals surface area contributed by atoms with Gasteiger partial charge in [-0.2, -0.15) is 0 Å². The Morgan fingerprint density at radius 3 is 2.61 bits per heavy atom. The normalized spacial score (nSPS) is 15.9. The Labute approximate surface area is 139 Å². The highest BCUT2D eigenvalue weighted by Crippen LogP contribution is 2.28. The quantitative estimate of drug-likeness (QED) is 0.897. The molecule has 1 aliphatic heterocycles. The van der Waals surface area contributed by atoms with E-state index in [0.717, 1.165) is 36.3 Å². The Bertz CT molecular complexity index is 645. The largest absolute Gasteiger partial charge is 0.356 e. The highest BCUT2D eigenvalue weighted by atomic mass is 15.2. The van der Waals surface area contributed by atoms with Gasteiger partial charge in [0.15, 0.2) is 0 Å². The van der Waals surface area contributed by atoms with E-state index in [-0.39, 0.29) is 0 Å². The van der Waals surface area contributed by atoms with Gasteiger partial charge in [0.2, 0.25) is 0 Å². The van der Waals surface area contributed by atoms with Crippen molar-refractivity contribution in [2.75, 3.05) is 23.3 Å². The first kappa shape index (κ1) is 15.8. The second kappa shape index (κ2) is 6.99. The van der Waals surface area contributed by atoms with Crippen molar-refractivity contribution in [3.8, 4) is 0 Å². The number of para-hydroxylation sites is 1. The summed E-state index contributed by atoms with van der Waals surface area (Å²) in [7, 11) is 0. The van der Waals surface area contributed by atoms with Crippen LogP contribution < -0.4 is 10.2 Å². The fourth-order valence-electron chi connectivity index (χ4n) is 3.08. The molecule has 2 aromatic rings. The first-order chi connectivity index (χ1) is 11.1. The molecule has 1 aliphatic rings. The van der Waals surface area contributed by atoms with Crippen molar-refractivity contribution < 1.29 is 0 Å². The highest BCUT2D eigenvalue weighted by molar-refractivity contribution is 5.63. The first-order valence-electron chi connectivity index (χ1n) is 8.56. The molecule has 0 radical (unpaired) electrons. The minimum absolute atomic E-state index is 0.476. The van der Waals surface area contributed by atoms with Crippen LogP contribution in [0.15, 0.2) is 36.7 Å². The molecular weight excluding hydrogens is 284 g/mol. The Morgan fingerprint density at radius 2 is 1.87 bits per heavy atom. The minimum Gasteiger partial charge on any atom is -0.356 e. The fourth-order valence-corrected chi connectivity index (χ4v) is 3.08. The highest BCUT2D eigenvalue weighted by Gasteiger charge is 2.17. The van der Waals surface area contributed by atoms with E-state index in [0.29, 0.717) is 5.92 Å². The third-order valence-electron chi connectivity index (χ3n) is 4.61. The lowest BCUT2D eigenvalue weighted by atomic mass is 9.99. The lowest BCUT2D eigenvalue weighted by Gasteiger charge is -2.31. The Hall–Kier alpha value is -2.10. The zero-order valence-electron chi connectivity index (χ0n) is 14.3. The third kappa shape index (κ3) is 3.81. The van der Waals surface area contributed by atoms with Gasteiger partial charge in [-0.3, -0.25) is 0 Å². The van der Waals surface area contributed by atoms with E-state index < -0.39 is 0 Å². The van der Waals surface area contributed by atoms with Crippen LogP contribution >= 0.6 is 0 Å². The van der Waals surface area contributed by atoms with Crippen molar-refractivity contribution in [3.05, 3.63) is 42.2 Å². The molecule has 23 heavy (non-hydrogen) atoms. The van der Waals surface area contributed by atoms with Crippen LogP contribution in [0.5, 0.6) is 0 Å². The summed E-state index contributed by atoms with van der Waals surface area (Å²) in [5.41, 5.74) is 2.43. The maximum atomic E-state index is 4.46. The molecule has 3 rings (SSSR count). The zero-order valence-corrected chi connectivity index (χ0v) is 14.3. The number of benzene rings is 1. The van der Waals surface area contributed by atoms with E-state index in [1.54, 1.807) is 6.33 Å². The van der Waals surface area contributed by atoms with Crippen molar-refractivity contribution >= 4 is 17.3 Å². The number of hydrogen-bond acceptors (Lipinski definition) is 4. The van der Waals surface area contributed by atoms with Gasteiger partial charge in [0.1, 0.15) is 18.0 Å². The predicted octanol–water partition coefficient (Wildman–Crippen LogP) is 4.58. The molecule has 1 aromatic heterocycles. The molecule has 0 saturated carbocycles. The number of nitrogens with zero attached hydrogens (tertiary/aromatic N) is 3. The Morgan fingerprint density at radius 1 is 1.13 bits per heavy atom. The molecule has 4 nitrogen and oxygen atoms in total. The number of piperidine rings is 1. The third-order valence-corrected chi connectivity index (χ3v) is 4.61. The SMILES string of the molecule is CC1CCN(c2cc(Nc3ccccc3C(C)C)ncn2)CC1. The summed E-state index contributed by atoms with van der Waals surface area (Å²) >= 11 is 0. The van der Waals surface area contributed by atoms with Crippen molar-refractivity contribution in [1.29, 1.82) is 0 Å². The van der Waals surface area contributed by atoms with Crippen LogP contribution in [-0.2, 0) is 0 Å². The summed E-state index contributed by atoms with van der Waals surface area (Å²) in [5, 5.41) is 3.46. The maximum Gasteiger partial charge on any atom is 0.135 e. The van der Waals surface area contributed by atoms with Crippen LogP contribution in [0.2, 0.25) is 0 Å². The lowest BCUT2D eigenvalue weighted by Crippen LogP contribution is -2.33. The van der Waals surface area contributed by atoms with Crippen LogP contribution in [0.1, 0.15) is 45.1 Å². The molecule has 0 spiro atoms. The zero-order chi connectivity index (χ0) is 16.2. The fraction of sp³-hybridized carbons (Fsp3) is 0.474. The number of anilines is 3. The van der Waals surface area contributed by atoms with Crippen molar-refractivity contribution in [3.63, 3.8) is 0 Å². The number of nitrogens with one attached hydrogen (secondary N) is 1. The smallest absolute Gasteiger partial charge is 0.135 e. The first-order valence-corrected chi connectivity index (χ1v) is 8.56. The number of rotatable bonds is 4. The van der Waals surface area contributed by atoms with Crippen LogP contribution in [0.3, 0.4) is 0 Å². The van der Waals surface area contributed by atoms with E-state index in [1.165, 1.54) is 18.4 Å². The minimum atomic E-state index is 0.476. The second-order valence-corrected chi connectivity index (χ2v) is 6.80. The molecule has 2 heterocycles. The topological polar surface area (TPSA) is 41.0 Å². The molecule has 0 atom stereocenters. The Balaban J connectivity index is 1.78. The predicted molar refractivity (Wildman–Crippen MR) is 96.5 cm³/mol. The average Bonchev–Trinajstić information content (AvgIpc) is 2.56. The molecule has 0 amide bonds. The number of hydrogen-bond donors (Lipinski definition) is 1. The van der Waals surface area contributed by atoms with E-state index in [4.69, 9.17) is 0 Å². The lowest BCUT2D eigenvalue weighted by molar-refractivity contribution is 0.436. The van der Waals surface area contributed by atoms with Gasteiger partial charge in [-0.05, 0) is 36.3 Å². The van der Waals surface area contributed by atoms with Crippen molar-refractivity contribution in [1.82, 2.24) is 9.97 Å². The maximum absolute atomic E-state index is 4.46. The van der Waals surface area contributed by atoms with Crippen molar-refractivity contribution in [2.24, 2.45) is 5.92 Å². The molecular formula is C19H26N4.